The van der Waals surface area contributed by atoms with Crippen LogP contribution in [0.15, 0.2) is 0 Å². The van der Waals surface area contributed by atoms with Crippen LogP contribution in [-0.4, -0.2) is 18.8 Å². The molecule has 4 heteroatoms. The number of fused-ring (bicyclic) bond motifs is 2. The first-order chi connectivity index (χ1) is 3.95. The van der Waals surface area contributed by atoms with Gasteiger partial charge in [0, 0.05) is 19.0 Å². The average Bonchev–Trinajstić information content (AvgIpc) is 2.12. The molecule has 0 saturated carbocycles. The van der Waals surface area contributed by atoms with Crippen molar-refractivity contribution in [3.05, 3.63) is 0 Å². The van der Waals surface area contributed by atoms with Crippen LogP contribution in [0.3, 0.4) is 0 Å². The van der Waals surface area contributed by atoms with Crippen LogP contribution in [-0.2, 0) is 4.84 Å². The SMILES string of the molecule is C1NOC2CC1NN2. The number of rotatable bonds is 0. The second-order valence-corrected chi connectivity index (χ2v) is 2.18. The van der Waals surface area contributed by atoms with E-state index in [-0.39, 0.29) is 6.23 Å². The van der Waals surface area contributed by atoms with Crippen LogP contribution < -0.4 is 16.3 Å². The molecule has 0 aromatic carbocycles. The summed E-state index contributed by atoms with van der Waals surface area (Å²) in [6.45, 7) is 0.906. The van der Waals surface area contributed by atoms with Gasteiger partial charge in [-0.1, -0.05) is 0 Å². The van der Waals surface area contributed by atoms with Crippen LogP contribution in [0.25, 0.3) is 0 Å². The lowest BCUT2D eigenvalue weighted by atomic mass is 10.2. The van der Waals surface area contributed by atoms with Crippen LogP contribution in [0, 0.1) is 0 Å². The summed E-state index contributed by atoms with van der Waals surface area (Å²) in [6.07, 6.45) is 1.27. The Hall–Kier alpha value is -0.160. The minimum absolute atomic E-state index is 0.189. The molecule has 46 valence electrons. The third-order valence-electron chi connectivity index (χ3n) is 1.50. The van der Waals surface area contributed by atoms with Gasteiger partial charge in [-0.05, 0) is 0 Å². The highest BCUT2D eigenvalue weighted by atomic mass is 16.7. The molecule has 2 aliphatic rings. The number of nitrogens with one attached hydrogen (secondary N) is 3. The molecule has 2 heterocycles. The molecule has 0 aromatic heterocycles. The van der Waals surface area contributed by atoms with E-state index in [1.54, 1.807) is 0 Å². The van der Waals surface area contributed by atoms with E-state index >= 15 is 0 Å². The predicted molar refractivity (Wildman–Crippen MR) is 27.6 cm³/mol. The van der Waals surface area contributed by atoms with Gasteiger partial charge in [-0.15, -0.1) is 0 Å². The zero-order valence-corrected chi connectivity index (χ0v) is 4.48. The van der Waals surface area contributed by atoms with Crippen molar-refractivity contribution in [2.75, 3.05) is 6.54 Å². The van der Waals surface area contributed by atoms with E-state index in [2.05, 4.69) is 16.3 Å². The minimum Gasteiger partial charge on any atom is -0.282 e. The highest BCUT2D eigenvalue weighted by Gasteiger charge is 2.28. The fourth-order valence-electron chi connectivity index (χ4n) is 1.05. The van der Waals surface area contributed by atoms with Gasteiger partial charge in [0.25, 0.3) is 0 Å². The van der Waals surface area contributed by atoms with E-state index in [9.17, 15) is 0 Å². The normalized spacial score (nSPS) is 45.0. The lowest BCUT2D eigenvalue weighted by Gasteiger charge is -2.16. The number of hydrazine groups is 1. The monoisotopic (exact) mass is 115 g/mol. The van der Waals surface area contributed by atoms with E-state index in [0.29, 0.717) is 6.04 Å². The van der Waals surface area contributed by atoms with Gasteiger partial charge in [0.15, 0.2) is 0 Å². The molecule has 2 bridgehead atoms. The molecule has 0 amide bonds. The molecule has 2 fully saturated rings. The Bertz CT molecular complexity index is 83.3. The van der Waals surface area contributed by atoms with E-state index in [4.69, 9.17) is 4.84 Å². The Balaban J connectivity index is 2.03. The van der Waals surface area contributed by atoms with Crippen molar-refractivity contribution in [3.8, 4) is 0 Å². The summed E-state index contributed by atoms with van der Waals surface area (Å²) in [5, 5.41) is 0. The Morgan fingerprint density at radius 2 is 2.38 bits per heavy atom. The summed E-state index contributed by atoms with van der Waals surface area (Å²) in [5.74, 6) is 0. The lowest BCUT2D eigenvalue weighted by molar-refractivity contribution is -0.0490. The molecule has 2 atom stereocenters. The van der Waals surface area contributed by atoms with Crippen molar-refractivity contribution in [2.24, 2.45) is 0 Å². The van der Waals surface area contributed by atoms with Crippen LogP contribution in [0.4, 0.5) is 0 Å². The van der Waals surface area contributed by atoms with Gasteiger partial charge >= 0.3 is 0 Å². The number of hydrogen-bond acceptors (Lipinski definition) is 4. The summed E-state index contributed by atoms with van der Waals surface area (Å²) in [7, 11) is 0. The molecule has 4 nitrogen and oxygen atoms in total. The van der Waals surface area contributed by atoms with Crippen LogP contribution in [0.5, 0.6) is 0 Å². The first kappa shape index (κ1) is 4.69. The summed E-state index contributed by atoms with van der Waals surface area (Å²) in [4.78, 5) is 5.05. The van der Waals surface area contributed by atoms with Crippen molar-refractivity contribution in [1.82, 2.24) is 16.3 Å². The molecular weight excluding hydrogens is 106 g/mol. The quantitative estimate of drug-likeness (QED) is 0.368. The molecular formula is C4H9N3O. The molecule has 2 rings (SSSR count). The molecule has 2 unspecified atom stereocenters. The van der Waals surface area contributed by atoms with Crippen molar-refractivity contribution in [3.63, 3.8) is 0 Å². The molecule has 0 spiro atoms. The Morgan fingerprint density at radius 3 is 3.12 bits per heavy atom. The Labute approximate surface area is 47.5 Å². The largest absolute Gasteiger partial charge is 0.282 e. The molecule has 2 aliphatic heterocycles. The van der Waals surface area contributed by atoms with Gasteiger partial charge in [-0.25, -0.2) is 5.43 Å². The van der Waals surface area contributed by atoms with Gasteiger partial charge in [-0.2, -0.15) is 5.48 Å². The third kappa shape index (κ3) is 0.621. The first-order valence-corrected chi connectivity index (χ1v) is 2.85. The zero-order valence-electron chi connectivity index (χ0n) is 4.48. The van der Waals surface area contributed by atoms with Crippen molar-refractivity contribution >= 4 is 0 Å². The second-order valence-electron chi connectivity index (χ2n) is 2.18. The summed E-state index contributed by atoms with van der Waals surface area (Å²) in [6, 6.07) is 0.564. The standard InChI is InChI=1S/C4H9N3O/c1-3-2-5-8-4(1)7-6-3/h3-7H,1-2H2. The first-order valence-electron chi connectivity index (χ1n) is 2.85. The fourth-order valence-corrected chi connectivity index (χ4v) is 1.05. The smallest absolute Gasteiger partial charge is 0.143 e. The van der Waals surface area contributed by atoms with Gasteiger partial charge in [0.1, 0.15) is 6.23 Å². The Morgan fingerprint density at radius 1 is 1.38 bits per heavy atom. The molecule has 8 heavy (non-hydrogen) atoms. The van der Waals surface area contributed by atoms with E-state index in [1.165, 1.54) is 0 Å². The summed E-state index contributed by atoms with van der Waals surface area (Å²) < 4.78 is 0. The molecule has 3 N–H and O–H groups in total. The van der Waals surface area contributed by atoms with Gasteiger partial charge in [-0.3, -0.25) is 10.3 Å². The molecule has 0 aliphatic carbocycles. The predicted octanol–water partition coefficient (Wildman–Crippen LogP) is -1.29. The van der Waals surface area contributed by atoms with Crippen LogP contribution in [0.2, 0.25) is 0 Å². The summed E-state index contributed by atoms with van der Waals surface area (Å²) in [5.41, 5.74) is 8.89. The van der Waals surface area contributed by atoms with Crippen molar-refractivity contribution in [2.45, 2.75) is 18.7 Å². The highest BCUT2D eigenvalue weighted by Crippen LogP contribution is 2.07. The van der Waals surface area contributed by atoms with Crippen molar-refractivity contribution in [1.29, 1.82) is 0 Å². The van der Waals surface area contributed by atoms with Gasteiger partial charge < -0.3 is 0 Å². The lowest BCUT2D eigenvalue weighted by Crippen LogP contribution is -2.36. The maximum atomic E-state index is 5.05. The van der Waals surface area contributed by atoms with Crippen LogP contribution >= 0.6 is 0 Å². The average molecular weight is 115 g/mol. The Kier molecular flexibility index (Phi) is 0.976. The minimum atomic E-state index is 0.189. The number of hydrogen-bond donors (Lipinski definition) is 3. The second kappa shape index (κ2) is 1.66. The van der Waals surface area contributed by atoms with Crippen molar-refractivity contribution < 1.29 is 4.84 Å². The maximum absolute atomic E-state index is 5.05. The fraction of sp³-hybridized carbons (Fsp3) is 1.00. The topological polar surface area (TPSA) is 45.3 Å². The van der Waals surface area contributed by atoms with E-state index in [1.807, 2.05) is 0 Å². The molecule has 0 radical (unpaired) electrons. The molecule has 0 aromatic rings. The summed E-state index contributed by atoms with van der Waals surface area (Å²) >= 11 is 0. The number of hydroxylamine groups is 1. The maximum Gasteiger partial charge on any atom is 0.143 e. The van der Waals surface area contributed by atoms with Crippen LogP contribution in [0.1, 0.15) is 6.42 Å². The van der Waals surface area contributed by atoms with Gasteiger partial charge in [0.2, 0.25) is 0 Å². The van der Waals surface area contributed by atoms with E-state index in [0.717, 1.165) is 13.0 Å². The van der Waals surface area contributed by atoms with E-state index < -0.39 is 0 Å². The zero-order chi connectivity index (χ0) is 5.40. The van der Waals surface area contributed by atoms with Gasteiger partial charge in [0.05, 0.1) is 0 Å². The third-order valence-corrected chi connectivity index (χ3v) is 1.50. The highest BCUT2D eigenvalue weighted by molar-refractivity contribution is 4.79. The molecule has 2 saturated heterocycles.